The molecule has 2 aliphatic heterocycles. The molecule has 3 unspecified atom stereocenters. The van der Waals surface area contributed by atoms with Crippen LogP contribution in [-0.4, -0.2) is 36.6 Å². The van der Waals surface area contributed by atoms with E-state index in [0.717, 1.165) is 18.0 Å². The molecule has 0 saturated carbocycles. The fourth-order valence-corrected chi connectivity index (χ4v) is 3.27. The molecular formula is C14H28N2. The Kier molecular flexibility index (Phi) is 4.66. The Hall–Kier alpha value is -0.0800. The summed E-state index contributed by atoms with van der Waals surface area (Å²) in [6.45, 7) is 8.65. The first kappa shape index (κ1) is 12.4. The van der Waals surface area contributed by atoms with Gasteiger partial charge >= 0.3 is 0 Å². The van der Waals surface area contributed by atoms with E-state index in [0.29, 0.717) is 0 Å². The van der Waals surface area contributed by atoms with Crippen LogP contribution in [0.2, 0.25) is 0 Å². The standard InChI is InChI=1S/C14H28N2/c1-12-7-9-16(13(2)10-12)11-14-6-4-3-5-8-15-14/h12-15H,3-11H2,1-2H3. The third-order valence-electron chi connectivity index (χ3n) is 4.39. The fourth-order valence-electron chi connectivity index (χ4n) is 3.27. The number of nitrogens with one attached hydrogen (secondary N) is 1. The second kappa shape index (κ2) is 6.02. The average Bonchev–Trinajstić information content (AvgIpc) is 2.51. The molecule has 0 aromatic heterocycles. The number of hydrogen-bond donors (Lipinski definition) is 1. The van der Waals surface area contributed by atoms with Crippen LogP contribution in [0.5, 0.6) is 0 Å². The van der Waals surface area contributed by atoms with Gasteiger partial charge in [-0.05, 0) is 51.6 Å². The smallest absolute Gasteiger partial charge is 0.0195 e. The van der Waals surface area contributed by atoms with Crippen LogP contribution < -0.4 is 5.32 Å². The molecule has 1 N–H and O–H groups in total. The molecule has 0 aliphatic carbocycles. The van der Waals surface area contributed by atoms with Crippen LogP contribution in [-0.2, 0) is 0 Å². The van der Waals surface area contributed by atoms with E-state index < -0.39 is 0 Å². The molecule has 16 heavy (non-hydrogen) atoms. The minimum Gasteiger partial charge on any atom is -0.313 e. The molecule has 2 heteroatoms. The van der Waals surface area contributed by atoms with Gasteiger partial charge in [-0.25, -0.2) is 0 Å². The monoisotopic (exact) mass is 224 g/mol. The topological polar surface area (TPSA) is 15.3 Å². The molecule has 0 spiro atoms. The zero-order valence-electron chi connectivity index (χ0n) is 11.0. The molecule has 2 heterocycles. The van der Waals surface area contributed by atoms with Gasteiger partial charge in [-0.2, -0.15) is 0 Å². The van der Waals surface area contributed by atoms with Crippen LogP contribution in [0.25, 0.3) is 0 Å². The molecule has 2 rings (SSSR count). The molecule has 3 atom stereocenters. The zero-order valence-corrected chi connectivity index (χ0v) is 11.0. The first-order valence-electron chi connectivity index (χ1n) is 7.23. The predicted octanol–water partition coefficient (Wildman–Crippen LogP) is 2.64. The first-order chi connectivity index (χ1) is 7.75. The van der Waals surface area contributed by atoms with Crippen molar-refractivity contribution in [3.05, 3.63) is 0 Å². The van der Waals surface area contributed by atoms with Crippen molar-refractivity contribution in [2.45, 2.75) is 64.5 Å². The van der Waals surface area contributed by atoms with Crippen LogP contribution in [0.4, 0.5) is 0 Å². The highest BCUT2D eigenvalue weighted by Crippen LogP contribution is 2.23. The maximum absolute atomic E-state index is 3.72. The fraction of sp³-hybridized carbons (Fsp3) is 1.00. The van der Waals surface area contributed by atoms with Crippen molar-refractivity contribution in [3.63, 3.8) is 0 Å². The largest absolute Gasteiger partial charge is 0.313 e. The molecule has 2 saturated heterocycles. The molecule has 0 aromatic carbocycles. The predicted molar refractivity (Wildman–Crippen MR) is 69.7 cm³/mol. The van der Waals surface area contributed by atoms with Gasteiger partial charge in [-0.1, -0.05) is 19.8 Å². The average molecular weight is 224 g/mol. The minimum atomic E-state index is 0.762. The molecule has 0 radical (unpaired) electrons. The zero-order chi connectivity index (χ0) is 11.4. The van der Waals surface area contributed by atoms with Gasteiger partial charge < -0.3 is 5.32 Å². The van der Waals surface area contributed by atoms with E-state index in [1.54, 1.807) is 0 Å². The van der Waals surface area contributed by atoms with Gasteiger partial charge in [0, 0.05) is 18.6 Å². The number of likely N-dealkylation sites (tertiary alicyclic amines) is 1. The van der Waals surface area contributed by atoms with E-state index in [4.69, 9.17) is 0 Å². The summed E-state index contributed by atoms with van der Waals surface area (Å²) in [5.74, 6) is 0.938. The lowest BCUT2D eigenvalue weighted by Crippen LogP contribution is -2.47. The number of rotatable bonds is 2. The third-order valence-corrected chi connectivity index (χ3v) is 4.39. The van der Waals surface area contributed by atoms with Crippen LogP contribution in [0.15, 0.2) is 0 Å². The van der Waals surface area contributed by atoms with Crippen LogP contribution in [0, 0.1) is 5.92 Å². The molecule has 2 aliphatic rings. The van der Waals surface area contributed by atoms with E-state index in [1.165, 1.54) is 58.2 Å². The summed E-state index contributed by atoms with van der Waals surface area (Å²) in [5, 5.41) is 3.72. The highest BCUT2D eigenvalue weighted by atomic mass is 15.2. The van der Waals surface area contributed by atoms with Crippen LogP contribution in [0.3, 0.4) is 0 Å². The number of hydrogen-bond acceptors (Lipinski definition) is 2. The Morgan fingerprint density at radius 3 is 2.81 bits per heavy atom. The Morgan fingerprint density at radius 1 is 1.12 bits per heavy atom. The van der Waals surface area contributed by atoms with E-state index in [-0.39, 0.29) is 0 Å². The summed E-state index contributed by atoms with van der Waals surface area (Å²) in [4.78, 5) is 2.71. The second-order valence-corrected chi connectivity index (χ2v) is 5.97. The molecule has 0 amide bonds. The quantitative estimate of drug-likeness (QED) is 0.776. The molecule has 2 fully saturated rings. The van der Waals surface area contributed by atoms with Gasteiger partial charge in [0.1, 0.15) is 0 Å². The first-order valence-corrected chi connectivity index (χ1v) is 7.23. The summed E-state index contributed by atoms with van der Waals surface area (Å²) in [5.41, 5.74) is 0. The summed E-state index contributed by atoms with van der Waals surface area (Å²) in [6.07, 6.45) is 8.41. The molecule has 0 aromatic rings. The summed E-state index contributed by atoms with van der Waals surface area (Å²) < 4.78 is 0. The second-order valence-electron chi connectivity index (χ2n) is 5.97. The van der Waals surface area contributed by atoms with E-state index in [9.17, 15) is 0 Å². The lowest BCUT2D eigenvalue weighted by molar-refractivity contribution is 0.116. The molecular weight excluding hydrogens is 196 g/mol. The van der Waals surface area contributed by atoms with Crippen molar-refractivity contribution in [1.82, 2.24) is 10.2 Å². The van der Waals surface area contributed by atoms with Crippen molar-refractivity contribution >= 4 is 0 Å². The van der Waals surface area contributed by atoms with Crippen LogP contribution >= 0.6 is 0 Å². The van der Waals surface area contributed by atoms with E-state index >= 15 is 0 Å². The molecule has 2 nitrogen and oxygen atoms in total. The molecule has 0 bridgehead atoms. The normalized spacial score (nSPS) is 38.2. The third kappa shape index (κ3) is 3.46. The van der Waals surface area contributed by atoms with Gasteiger partial charge in [0.15, 0.2) is 0 Å². The summed E-state index contributed by atoms with van der Waals surface area (Å²) in [7, 11) is 0. The lowest BCUT2D eigenvalue weighted by Gasteiger charge is -2.38. The SMILES string of the molecule is CC1CCN(CC2CCCCCN2)C(C)C1. The molecule has 94 valence electrons. The summed E-state index contributed by atoms with van der Waals surface area (Å²) >= 11 is 0. The maximum atomic E-state index is 3.72. The minimum absolute atomic E-state index is 0.762. The Bertz CT molecular complexity index is 197. The maximum Gasteiger partial charge on any atom is 0.0195 e. The summed E-state index contributed by atoms with van der Waals surface area (Å²) in [6, 6.07) is 1.56. The van der Waals surface area contributed by atoms with Crippen molar-refractivity contribution in [2.24, 2.45) is 5.92 Å². The van der Waals surface area contributed by atoms with Gasteiger partial charge in [0.05, 0.1) is 0 Å². The number of nitrogens with zero attached hydrogens (tertiary/aromatic N) is 1. The Labute approximate surface area is 101 Å². The van der Waals surface area contributed by atoms with Crippen molar-refractivity contribution in [2.75, 3.05) is 19.6 Å². The highest BCUT2D eigenvalue weighted by molar-refractivity contribution is 4.82. The van der Waals surface area contributed by atoms with Gasteiger partial charge in [0.25, 0.3) is 0 Å². The van der Waals surface area contributed by atoms with Crippen molar-refractivity contribution < 1.29 is 0 Å². The van der Waals surface area contributed by atoms with Crippen LogP contribution in [0.1, 0.15) is 52.4 Å². The van der Waals surface area contributed by atoms with E-state index in [2.05, 4.69) is 24.1 Å². The number of piperidine rings is 1. The lowest BCUT2D eigenvalue weighted by atomic mass is 9.93. The van der Waals surface area contributed by atoms with Gasteiger partial charge in [-0.15, -0.1) is 0 Å². The Balaban J connectivity index is 1.79. The van der Waals surface area contributed by atoms with E-state index in [1.807, 2.05) is 0 Å². The Morgan fingerprint density at radius 2 is 2.00 bits per heavy atom. The van der Waals surface area contributed by atoms with Crippen molar-refractivity contribution in [3.8, 4) is 0 Å². The van der Waals surface area contributed by atoms with Crippen molar-refractivity contribution in [1.29, 1.82) is 0 Å². The van der Waals surface area contributed by atoms with Gasteiger partial charge in [0.2, 0.25) is 0 Å². The van der Waals surface area contributed by atoms with Gasteiger partial charge in [-0.3, -0.25) is 4.90 Å². The highest BCUT2D eigenvalue weighted by Gasteiger charge is 2.25.